The van der Waals surface area contributed by atoms with E-state index in [4.69, 9.17) is 0 Å². The molecule has 3 rings (SSSR count). The fourth-order valence-electron chi connectivity index (χ4n) is 7.84. The molecule has 0 radical (unpaired) electrons. The maximum absolute atomic E-state index is 4.23. The Morgan fingerprint density at radius 2 is 1.17 bits per heavy atom. The van der Waals surface area contributed by atoms with Crippen molar-refractivity contribution in [2.24, 2.45) is 29.6 Å². The summed E-state index contributed by atoms with van der Waals surface area (Å²) in [5.74, 6) is 4.74. The van der Waals surface area contributed by atoms with E-state index in [-0.39, 0.29) is 0 Å². The van der Waals surface area contributed by atoms with Crippen LogP contribution in [0.5, 0.6) is 0 Å². The van der Waals surface area contributed by atoms with Crippen LogP contribution in [0.4, 0.5) is 0 Å². The van der Waals surface area contributed by atoms with Gasteiger partial charge in [-0.25, -0.2) is 0 Å². The topological polar surface area (TPSA) is 12.0 Å². The van der Waals surface area contributed by atoms with Crippen LogP contribution in [-0.4, -0.2) is 12.6 Å². The molecule has 1 aliphatic carbocycles. The first-order valence-electron chi connectivity index (χ1n) is 17.4. The third-order valence-electron chi connectivity index (χ3n) is 10.3. The standard InChI is InChI=1S/C35H69N/c1-5-8-11-18-25-33-28-32-24-19-12-16-22-31(21-14-9-6-2)23-17-13-20-27-35(36-29-30(32)4)34(33)26-15-10-7-3/h30-36H,5-29H2,1-4H3/t30?,31?,32?,33?,34?,35-/m0/s1. The molecule has 1 nitrogen and oxygen atoms in total. The van der Waals surface area contributed by atoms with E-state index in [1.807, 2.05) is 0 Å². The van der Waals surface area contributed by atoms with Crippen molar-refractivity contribution in [1.29, 1.82) is 0 Å². The zero-order valence-corrected chi connectivity index (χ0v) is 25.6. The van der Waals surface area contributed by atoms with E-state index in [1.165, 1.54) is 154 Å². The second kappa shape index (κ2) is 20.9. The van der Waals surface area contributed by atoms with E-state index in [1.54, 1.807) is 6.42 Å². The molecule has 0 amide bonds. The van der Waals surface area contributed by atoms with E-state index in [9.17, 15) is 0 Å². The minimum atomic E-state index is 0.787. The summed E-state index contributed by atoms with van der Waals surface area (Å²) < 4.78 is 0. The Morgan fingerprint density at radius 1 is 0.583 bits per heavy atom. The zero-order chi connectivity index (χ0) is 25.8. The van der Waals surface area contributed by atoms with Crippen LogP contribution in [0.3, 0.4) is 0 Å². The van der Waals surface area contributed by atoms with Gasteiger partial charge in [0.25, 0.3) is 0 Å². The molecule has 2 bridgehead atoms. The summed E-state index contributed by atoms with van der Waals surface area (Å²) in [7, 11) is 0. The molecule has 214 valence electrons. The van der Waals surface area contributed by atoms with Crippen molar-refractivity contribution in [3.8, 4) is 0 Å². The molecule has 6 atom stereocenters. The van der Waals surface area contributed by atoms with Crippen LogP contribution in [0.25, 0.3) is 0 Å². The largest absolute Gasteiger partial charge is 0.313 e. The average molecular weight is 504 g/mol. The number of fused-ring (bicyclic) bond motifs is 14. The summed E-state index contributed by atoms with van der Waals surface area (Å²) in [6, 6.07) is 0.787. The number of hydrogen-bond donors (Lipinski definition) is 1. The van der Waals surface area contributed by atoms with Gasteiger partial charge in [-0.3, -0.25) is 0 Å². The van der Waals surface area contributed by atoms with Crippen LogP contribution in [-0.2, 0) is 0 Å². The van der Waals surface area contributed by atoms with Crippen molar-refractivity contribution in [3.63, 3.8) is 0 Å². The minimum Gasteiger partial charge on any atom is -0.313 e. The molecule has 3 aliphatic rings. The lowest BCUT2D eigenvalue weighted by Crippen LogP contribution is -2.46. The minimum absolute atomic E-state index is 0.787. The highest BCUT2D eigenvalue weighted by Crippen LogP contribution is 2.39. The molecule has 2 saturated heterocycles. The third-order valence-corrected chi connectivity index (χ3v) is 10.3. The smallest absolute Gasteiger partial charge is 0.00980 e. The van der Waals surface area contributed by atoms with Crippen LogP contribution in [0, 0.1) is 29.6 Å². The monoisotopic (exact) mass is 504 g/mol. The number of unbranched alkanes of at least 4 members (excludes halogenated alkanes) is 7. The first-order chi connectivity index (χ1) is 17.7. The number of hydrogen-bond acceptors (Lipinski definition) is 1. The second-order valence-electron chi connectivity index (χ2n) is 13.4. The summed E-state index contributed by atoms with van der Waals surface area (Å²) in [6.45, 7) is 11.0. The predicted octanol–water partition coefficient (Wildman–Crippen LogP) is 11.5. The molecule has 0 aromatic rings. The van der Waals surface area contributed by atoms with Crippen LogP contribution in [0.15, 0.2) is 0 Å². The van der Waals surface area contributed by atoms with E-state index in [0.29, 0.717) is 0 Å². The van der Waals surface area contributed by atoms with Crippen LogP contribution >= 0.6 is 0 Å². The molecule has 0 aromatic carbocycles. The van der Waals surface area contributed by atoms with Crippen LogP contribution < -0.4 is 5.32 Å². The van der Waals surface area contributed by atoms with Crippen molar-refractivity contribution in [2.45, 2.75) is 188 Å². The van der Waals surface area contributed by atoms with Crippen molar-refractivity contribution in [1.82, 2.24) is 5.32 Å². The summed E-state index contributed by atoms with van der Waals surface area (Å²) in [5.41, 5.74) is 0. The van der Waals surface area contributed by atoms with Crippen LogP contribution in [0.2, 0.25) is 0 Å². The lowest BCUT2D eigenvalue weighted by atomic mass is 9.69. The Hall–Kier alpha value is -0.0400. The average Bonchev–Trinajstić information content (AvgIpc) is 2.87. The first kappa shape index (κ1) is 32.2. The molecule has 36 heavy (non-hydrogen) atoms. The molecular weight excluding hydrogens is 434 g/mol. The summed E-state index contributed by atoms with van der Waals surface area (Å²) >= 11 is 0. The molecule has 5 unspecified atom stereocenters. The highest BCUT2D eigenvalue weighted by Gasteiger charge is 2.34. The Morgan fingerprint density at radius 3 is 1.86 bits per heavy atom. The zero-order valence-electron chi connectivity index (χ0n) is 25.6. The van der Waals surface area contributed by atoms with E-state index in [2.05, 4.69) is 33.0 Å². The summed E-state index contributed by atoms with van der Waals surface area (Å²) in [5, 5.41) is 4.23. The molecule has 1 saturated carbocycles. The number of rotatable bonds is 13. The molecule has 1 N–H and O–H groups in total. The molecule has 2 aliphatic heterocycles. The molecular formula is C35H69N. The van der Waals surface area contributed by atoms with Crippen molar-refractivity contribution < 1.29 is 0 Å². The van der Waals surface area contributed by atoms with Crippen molar-refractivity contribution in [2.75, 3.05) is 6.54 Å². The lowest BCUT2D eigenvalue weighted by molar-refractivity contribution is 0.117. The lowest BCUT2D eigenvalue weighted by Gasteiger charge is -2.42. The van der Waals surface area contributed by atoms with Crippen molar-refractivity contribution >= 4 is 0 Å². The highest BCUT2D eigenvalue weighted by molar-refractivity contribution is 4.88. The summed E-state index contributed by atoms with van der Waals surface area (Å²) in [6.07, 6.45) is 35.3. The Kier molecular flexibility index (Phi) is 18.6. The van der Waals surface area contributed by atoms with Gasteiger partial charge in [-0.2, -0.15) is 0 Å². The Labute approximate surface area is 229 Å². The van der Waals surface area contributed by atoms with Gasteiger partial charge in [0.1, 0.15) is 0 Å². The van der Waals surface area contributed by atoms with Gasteiger partial charge in [-0.1, -0.05) is 163 Å². The van der Waals surface area contributed by atoms with E-state index in [0.717, 1.165) is 35.6 Å². The van der Waals surface area contributed by atoms with E-state index < -0.39 is 0 Å². The first-order valence-corrected chi connectivity index (χ1v) is 17.4. The fraction of sp³-hybridized carbons (Fsp3) is 1.00. The van der Waals surface area contributed by atoms with Gasteiger partial charge >= 0.3 is 0 Å². The van der Waals surface area contributed by atoms with Gasteiger partial charge in [-0.05, 0) is 55.4 Å². The highest BCUT2D eigenvalue weighted by atomic mass is 14.9. The maximum atomic E-state index is 4.23. The summed E-state index contributed by atoms with van der Waals surface area (Å²) in [4.78, 5) is 0. The maximum Gasteiger partial charge on any atom is 0.00980 e. The molecule has 2 heterocycles. The van der Waals surface area contributed by atoms with Gasteiger partial charge in [0.15, 0.2) is 0 Å². The van der Waals surface area contributed by atoms with E-state index >= 15 is 0 Å². The SMILES string of the molecule is CCCCCCC1CC2CCCCCC(CCCCC)CCCCC[C@H](NCC2C)C1CCCCC. The quantitative estimate of drug-likeness (QED) is 0.246. The van der Waals surface area contributed by atoms with Gasteiger partial charge < -0.3 is 5.32 Å². The van der Waals surface area contributed by atoms with Gasteiger partial charge in [0.2, 0.25) is 0 Å². The molecule has 0 spiro atoms. The molecule has 3 fully saturated rings. The van der Waals surface area contributed by atoms with Gasteiger partial charge in [0, 0.05) is 6.04 Å². The Balaban J connectivity index is 2.10. The van der Waals surface area contributed by atoms with Crippen molar-refractivity contribution in [3.05, 3.63) is 0 Å². The molecule has 1 heteroatoms. The number of nitrogens with one attached hydrogen (secondary N) is 1. The van der Waals surface area contributed by atoms with Gasteiger partial charge in [0.05, 0.1) is 0 Å². The normalized spacial score (nSPS) is 31.3. The predicted molar refractivity (Wildman–Crippen MR) is 163 cm³/mol. The Bertz CT molecular complexity index is 487. The second-order valence-corrected chi connectivity index (χ2v) is 13.4. The van der Waals surface area contributed by atoms with Gasteiger partial charge in [-0.15, -0.1) is 0 Å². The molecule has 0 aromatic heterocycles. The van der Waals surface area contributed by atoms with Crippen LogP contribution in [0.1, 0.15) is 182 Å². The third kappa shape index (κ3) is 13.2. The fourth-order valence-corrected chi connectivity index (χ4v) is 7.84.